The predicted molar refractivity (Wildman–Crippen MR) is 65.4 cm³/mol. The summed E-state index contributed by atoms with van der Waals surface area (Å²) in [5.41, 5.74) is 3.86. The Morgan fingerprint density at radius 1 is 1.20 bits per heavy atom. The first-order chi connectivity index (χ1) is 7.31. The Hall–Kier alpha value is -1.37. The van der Waals surface area contributed by atoms with Crippen LogP contribution in [0.25, 0.3) is 0 Å². The molecule has 2 rings (SSSR count). The van der Waals surface area contributed by atoms with Crippen molar-refractivity contribution in [2.45, 2.75) is 32.7 Å². The van der Waals surface area contributed by atoms with Crippen molar-refractivity contribution in [1.29, 1.82) is 0 Å². The standard InChI is InChI=1S/C14H17N/c1-3-7-13-10-11(2)15-14(13)12-8-5-4-6-9-12/h4-6,8-11H,3,7H2,1-2H3. The van der Waals surface area contributed by atoms with Crippen molar-refractivity contribution in [2.24, 2.45) is 4.99 Å². The van der Waals surface area contributed by atoms with Gasteiger partial charge in [0.25, 0.3) is 0 Å². The molecule has 0 radical (unpaired) electrons. The maximum absolute atomic E-state index is 4.68. The van der Waals surface area contributed by atoms with Crippen LogP contribution in [0.5, 0.6) is 0 Å². The van der Waals surface area contributed by atoms with Gasteiger partial charge in [0.15, 0.2) is 0 Å². The van der Waals surface area contributed by atoms with Crippen molar-refractivity contribution in [2.75, 3.05) is 0 Å². The number of allylic oxidation sites excluding steroid dienone is 1. The highest BCUT2D eigenvalue weighted by molar-refractivity contribution is 6.14. The Labute approximate surface area is 91.6 Å². The summed E-state index contributed by atoms with van der Waals surface area (Å²) in [4.78, 5) is 4.68. The van der Waals surface area contributed by atoms with E-state index in [-0.39, 0.29) is 0 Å². The molecule has 1 unspecified atom stereocenters. The second-order valence-corrected chi connectivity index (χ2v) is 4.03. The molecule has 0 spiro atoms. The van der Waals surface area contributed by atoms with Gasteiger partial charge in [-0.25, -0.2) is 0 Å². The monoisotopic (exact) mass is 199 g/mol. The van der Waals surface area contributed by atoms with Crippen LogP contribution in [-0.4, -0.2) is 11.8 Å². The fourth-order valence-corrected chi connectivity index (χ4v) is 2.02. The molecule has 0 saturated carbocycles. The van der Waals surface area contributed by atoms with Crippen LogP contribution < -0.4 is 0 Å². The van der Waals surface area contributed by atoms with Gasteiger partial charge < -0.3 is 0 Å². The summed E-state index contributed by atoms with van der Waals surface area (Å²) in [5, 5.41) is 0. The smallest absolute Gasteiger partial charge is 0.0683 e. The van der Waals surface area contributed by atoms with E-state index in [1.807, 2.05) is 6.07 Å². The molecule has 0 aromatic heterocycles. The molecule has 1 aliphatic rings. The van der Waals surface area contributed by atoms with Gasteiger partial charge >= 0.3 is 0 Å². The first-order valence-electron chi connectivity index (χ1n) is 5.65. The molecule has 1 heteroatoms. The van der Waals surface area contributed by atoms with Gasteiger partial charge in [-0.2, -0.15) is 0 Å². The predicted octanol–water partition coefficient (Wildman–Crippen LogP) is 3.60. The number of rotatable bonds is 3. The van der Waals surface area contributed by atoms with Gasteiger partial charge in [-0.1, -0.05) is 49.8 Å². The Kier molecular flexibility index (Phi) is 3.00. The fraction of sp³-hybridized carbons (Fsp3) is 0.357. The van der Waals surface area contributed by atoms with E-state index < -0.39 is 0 Å². The first-order valence-corrected chi connectivity index (χ1v) is 5.65. The van der Waals surface area contributed by atoms with Crippen LogP contribution in [0.15, 0.2) is 47.0 Å². The van der Waals surface area contributed by atoms with E-state index in [0.717, 1.165) is 6.42 Å². The van der Waals surface area contributed by atoms with Crippen LogP contribution in [-0.2, 0) is 0 Å². The van der Waals surface area contributed by atoms with E-state index in [2.05, 4.69) is 49.2 Å². The molecule has 0 amide bonds. The molecule has 78 valence electrons. The van der Waals surface area contributed by atoms with Gasteiger partial charge in [0, 0.05) is 0 Å². The van der Waals surface area contributed by atoms with Gasteiger partial charge in [-0.15, -0.1) is 0 Å². The fourth-order valence-electron chi connectivity index (χ4n) is 2.02. The van der Waals surface area contributed by atoms with Gasteiger partial charge in [0.05, 0.1) is 11.8 Å². The lowest BCUT2D eigenvalue weighted by Crippen LogP contribution is -2.01. The Morgan fingerprint density at radius 2 is 1.93 bits per heavy atom. The van der Waals surface area contributed by atoms with Crippen LogP contribution in [0, 0.1) is 0 Å². The maximum atomic E-state index is 4.68. The SMILES string of the molecule is CCCC1=CC(C)N=C1c1ccccc1. The molecule has 0 bridgehead atoms. The highest BCUT2D eigenvalue weighted by atomic mass is 14.8. The molecule has 1 aromatic rings. The Balaban J connectivity index is 2.30. The van der Waals surface area contributed by atoms with E-state index in [1.165, 1.54) is 23.3 Å². The summed E-state index contributed by atoms with van der Waals surface area (Å²) in [7, 11) is 0. The molecular formula is C14H17N. The summed E-state index contributed by atoms with van der Waals surface area (Å²) in [5.74, 6) is 0. The van der Waals surface area contributed by atoms with E-state index in [1.54, 1.807) is 0 Å². The van der Waals surface area contributed by atoms with E-state index in [4.69, 9.17) is 0 Å². The third-order valence-electron chi connectivity index (χ3n) is 2.65. The zero-order valence-electron chi connectivity index (χ0n) is 9.40. The van der Waals surface area contributed by atoms with E-state index in [0.29, 0.717) is 6.04 Å². The average molecular weight is 199 g/mol. The molecule has 1 atom stereocenters. The van der Waals surface area contributed by atoms with Gasteiger partial charge in [0.1, 0.15) is 0 Å². The van der Waals surface area contributed by atoms with Crippen LogP contribution in [0.1, 0.15) is 32.3 Å². The van der Waals surface area contributed by atoms with Crippen LogP contribution in [0.3, 0.4) is 0 Å². The minimum Gasteiger partial charge on any atom is -0.277 e. The highest BCUT2D eigenvalue weighted by Gasteiger charge is 2.16. The Bertz CT molecular complexity index is 387. The maximum Gasteiger partial charge on any atom is 0.0683 e. The summed E-state index contributed by atoms with van der Waals surface area (Å²) in [6.45, 7) is 4.36. The molecule has 0 aliphatic carbocycles. The molecule has 0 N–H and O–H groups in total. The number of hydrogen-bond acceptors (Lipinski definition) is 1. The number of nitrogens with zero attached hydrogens (tertiary/aromatic N) is 1. The lowest BCUT2D eigenvalue weighted by atomic mass is 10.00. The zero-order chi connectivity index (χ0) is 10.7. The second-order valence-electron chi connectivity index (χ2n) is 4.03. The number of benzene rings is 1. The van der Waals surface area contributed by atoms with Crippen molar-refractivity contribution in [3.05, 3.63) is 47.5 Å². The quantitative estimate of drug-likeness (QED) is 0.705. The van der Waals surface area contributed by atoms with Crippen LogP contribution >= 0.6 is 0 Å². The second kappa shape index (κ2) is 4.43. The normalized spacial score (nSPS) is 20.0. The largest absolute Gasteiger partial charge is 0.277 e. The summed E-state index contributed by atoms with van der Waals surface area (Å²) in [6.07, 6.45) is 4.61. The van der Waals surface area contributed by atoms with Crippen LogP contribution in [0.2, 0.25) is 0 Å². The van der Waals surface area contributed by atoms with Crippen molar-refractivity contribution in [3.63, 3.8) is 0 Å². The zero-order valence-corrected chi connectivity index (χ0v) is 9.40. The van der Waals surface area contributed by atoms with Crippen molar-refractivity contribution >= 4 is 5.71 Å². The van der Waals surface area contributed by atoms with E-state index in [9.17, 15) is 0 Å². The third-order valence-corrected chi connectivity index (χ3v) is 2.65. The van der Waals surface area contributed by atoms with Crippen molar-refractivity contribution < 1.29 is 0 Å². The van der Waals surface area contributed by atoms with Crippen LogP contribution in [0.4, 0.5) is 0 Å². The molecule has 0 fully saturated rings. The lowest BCUT2D eigenvalue weighted by Gasteiger charge is -2.05. The molecule has 1 heterocycles. The minimum atomic E-state index is 0.349. The molecule has 15 heavy (non-hydrogen) atoms. The molecule has 1 aliphatic heterocycles. The van der Waals surface area contributed by atoms with Gasteiger partial charge in [-0.05, 0) is 24.5 Å². The summed E-state index contributed by atoms with van der Waals surface area (Å²) >= 11 is 0. The average Bonchev–Trinajstić information content (AvgIpc) is 2.62. The summed E-state index contributed by atoms with van der Waals surface area (Å²) in [6, 6.07) is 10.8. The highest BCUT2D eigenvalue weighted by Crippen LogP contribution is 2.22. The molecule has 1 nitrogen and oxygen atoms in total. The molecule has 1 aromatic carbocycles. The third kappa shape index (κ3) is 2.17. The molecule has 0 saturated heterocycles. The number of aliphatic imine (C=N–C) groups is 1. The van der Waals surface area contributed by atoms with E-state index >= 15 is 0 Å². The topological polar surface area (TPSA) is 12.4 Å². The number of hydrogen-bond donors (Lipinski definition) is 0. The Morgan fingerprint density at radius 3 is 2.60 bits per heavy atom. The van der Waals surface area contributed by atoms with Crippen molar-refractivity contribution in [1.82, 2.24) is 0 Å². The van der Waals surface area contributed by atoms with Gasteiger partial charge in [0.2, 0.25) is 0 Å². The summed E-state index contributed by atoms with van der Waals surface area (Å²) < 4.78 is 0. The van der Waals surface area contributed by atoms with Gasteiger partial charge in [-0.3, -0.25) is 4.99 Å². The first kappa shape index (κ1) is 10.2. The molecular weight excluding hydrogens is 182 g/mol. The lowest BCUT2D eigenvalue weighted by molar-refractivity contribution is 0.918. The minimum absolute atomic E-state index is 0.349. The van der Waals surface area contributed by atoms with Crippen molar-refractivity contribution in [3.8, 4) is 0 Å².